The number of hydrogen-bond acceptors (Lipinski definition) is 4. The van der Waals surface area contributed by atoms with E-state index in [1.165, 1.54) is 12.1 Å². The lowest BCUT2D eigenvalue weighted by molar-refractivity contribution is -0.139. The van der Waals surface area contributed by atoms with Crippen LogP contribution in [0.25, 0.3) is 0 Å². The van der Waals surface area contributed by atoms with E-state index >= 15 is 0 Å². The molecule has 0 aliphatic heterocycles. The van der Waals surface area contributed by atoms with Gasteiger partial charge in [-0.05, 0) is 46.5 Å². The van der Waals surface area contributed by atoms with Crippen LogP contribution in [0.1, 0.15) is 61.1 Å². The Labute approximate surface area is 204 Å². The lowest BCUT2D eigenvalue weighted by Gasteiger charge is -2.32. The highest BCUT2D eigenvalue weighted by Gasteiger charge is 2.39. The Kier molecular flexibility index (Phi) is 6.41. The van der Waals surface area contributed by atoms with E-state index in [1.807, 2.05) is 0 Å². The molecule has 0 heterocycles. The summed E-state index contributed by atoms with van der Waals surface area (Å²) in [5, 5.41) is 19.7. The maximum absolute atomic E-state index is 13.5. The van der Waals surface area contributed by atoms with Crippen molar-refractivity contribution in [1.82, 2.24) is 0 Å². The number of phenols is 2. The molecule has 0 aromatic heterocycles. The molecular weight excluding hydrogens is 486 g/mol. The molecule has 0 radical (unpaired) electrons. The summed E-state index contributed by atoms with van der Waals surface area (Å²) >= 11 is 0. The lowest BCUT2D eigenvalue weighted by Crippen LogP contribution is -2.24. The van der Waals surface area contributed by atoms with Gasteiger partial charge in [0, 0.05) is 10.8 Å². The molecule has 0 spiro atoms. The molecule has 0 aliphatic carbocycles. The van der Waals surface area contributed by atoms with Gasteiger partial charge in [0.05, 0.1) is 22.5 Å². The van der Waals surface area contributed by atoms with Gasteiger partial charge in [-0.1, -0.05) is 52.0 Å². The average Bonchev–Trinajstić information content (AvgIpc) is 2.75. The summed E-state index contributed by atoms with van der Waals surface area (Å²) in [7, 11) is 0. The molecule has 0 fully saturated rings. The van der Waals surface area contributed by atoms with Crippen LogP contribution in [0, 0.1) is 0 Å². The molecule has 0 saturated carbocycles. The normalized spacial score (nSPS) is 13.2. The van der Waals surface area contributed by atoms with E-state index in [0.29, 0.717) is 11.1 Å². The number of nitrogen functional groups attached to an aromatic ring is 2. The van der Waals surface area contributed by atoms with Crippen molar-refractivity contribution in [3.05, 3.63) is 81.9 Å². The molecule has 4 nitrogen and oxygen atoms in total. The Bertz CT molecular complexity index is 1210. The monoisotopic (exact) mass is 512 g/mol. The van der Waals surface area contributed by atoms with Crippen molar-refractivity contribution < 1.29 is 36.6 Å². The highest BCUT2D eigenvalue weighted by Crippen LogP contribution is 2.46. The molecule has 0 aliphatic rings. The van der Waals surface area contributed by atoms with Crippen LogP contribution in [0.5, 0.6) is 11.5 Å². The largest absolute Gasteiger partial charge is 0.505 e. The molecule has 6 N–H and O–H groups in total. The van der Waals surface area contributed by atoms with Crippen molar-refractivity contribution >= 4 is 11.4 Å². The van der Waals surface area contributed by atoms with E-state index in [4.69, 9.17) is 11.5 Å². The second kappa shape index (κ2) is 8.53. The van der Waals surface area contributed by atoms with Gasteiger partial charge in [-0.2, -0.15) is 26.3 Å². The van der Waals surface area contributed by atoms with E-state index in [9.17, 15) is 36.6 Å². The number of halogens is 6. The van der Waals surface area contributed by atoms with Gasteiger partial charge in [0.15, 0.2) is 11.5 Å². The van der Waals surface area contributed by atoms with E-state index in [-0.39, 0.29) is 11.1 Å². The zero-order valence-electron chi connectivity index (χ0n) is 19.9. The van der Waals surface area contributed by atoms with Crippen LogP contribution in [-0.4, -0.2) is 10.2 Å². The van der Waals surface area contributed by atoms with Crippen molar-refractivity contribution in [1.29, 1.82) is 0 Å². The molecule has 194 valence electrons. The third-order valence-corrected chi connectivity index (χ3v) is 6.64. The van der Waals surface area contributed by atoms with Gasteiger partial charge in [-0.3, -0.25) is 0 Å². The number of alkyl halides is 6. The number of anilines is 2. The van der Waals surface area contributed by atoms with E-state index in [1.54, 1.807) is 52.0 Å². The zero-order valence-corrected chi connectivity index (χ0v) is 19.9. The highest BCUT2D eigenvalue weighted by molar-refractivity contribution is 5.62. The lowest BCUT2D eigenvalue weighted by atomic mass is 9.72. The van der Waals surface area contributed by atoms with Crippen molar-refractivity contribution in [2.45, 2.75) is 50.9 Å². The number of aromatic hydroxyl groups is 2. The first-order valence-corrected chi connectivity index (χ1v) is 10.8. The van der Waals surface area contributed by atoms with Gasteiger partial charge in [0.1, 0.15) is 0 Å². The van der Waals surface area contributed by atoms with Crippen LogP contribution in [0.15, 0.2) is 48.5 Å². The molecule has 3 aromatic carbocycles. The van der Waals surface area contributed by atoms with Crippen LogP contribution in [-0.2, 0) is 23.2 Å². The summed E-state index contributed by atoms with van der Waals surface area (Å²) in [5.41, 5.74) is 7.41. The fourth-order valence-electron chi connectivity index (χ4n) is 4.10. The van der Waals surface area contributed by atoms with Gasteiger partial charge in [0.2, 0.25) is 0 Å². The van der Waals surface area contributed by atoms with Crippen molar-refractivity contribution in [2.24, 2.45) is 0 Å². The maximum atomic E-state index is 13.5. The van der Waals surface area contributed by atoms with Crippen LogP contribution in [0.3, 0.4) is 0 Å². The van der Waals surface area contributed by atoms with Crippen LogP contribution in [0.4, 0.5) is 37.7 Å². The number of benzene rings is 3. The summed E-state index contributed by atoms with van der Waals surface area (Å²) in [4.78, 5) is 0. The van der Waals surface area contributed by atoms with Crippen molar-refractivity contribution in [3.63, 3.8) is 0 Å². The number of rotatable bonds is 4. The molecule has 36 heavy (non-hydrogen) atoms. The Hall–Kier alpha value is -3.56. The molecular formula is C26H26F6N2O2. The minimum Gasteiger partial charge on any atom is -0.505 e. The molecule has 10 heteroatoms. The SMILES string of the molecule is CC(C)(c1cccc(C(C)(C)c2cc(N)c(O)c(C(F)(F)F)c2)c1)c1cc(N)c(O)c(C(F)(F)F)c1. The molecule has 3 rings (SSSR count). The third-order valence-electron chi connectivity index (χ3n) is 6.64. The summed E-state index contributed by atoms with van der Waals surface area (Å²) in [6, 6.07) is 10.9. The summed E-state index contributed by atoms with van der Waals surface area (Å²) < 4.78 is 80.8. The minimum absolute atomic E-state index is 0.188. The topological polar surface area (TPSA) is 92.5 Å². The minimum atomic E-state index is -4.83. The number of phenolic OH excluding ortho intramolecular Hbond substituents is 2. The Balaban J connectivity index is 2.15. The van der Waals surface area contributed by atoms with Gasteiger partial charge in [-0.25, -0.2) is 0 Å². The van der Waals surface area contributed by atoms with Gasteiger partial charge in [-0.15, -0.1) is 0 Å². The molecule has 0 atom stereocenters. The molecule has 0 saturated heterocycles. The van der Waals surface area contributed by atoms with Gasteiger partial charge in [0.25, 0.3) is 0 Å². The van der Waals surface area contributed by atoms with Gasteiger partial charge < -0.3 is 21.7 Å². The van der Waals surface area contributed by atoms with Crippen LogP contribution >= 0.6 is 0 Å². The molecule has 3 aromatic rings. The van der Waals surface area contributed by atoms with Crippen LogP contribution in [0.2, 0.25) is 0 Å². The molecule has 0 unspecified atom stereocenters. The summed E-state index contributed by atoms with van der Waals surface area (Å²) in [5.74, 6) is -2.11. The summed E-state index contributed by atoms with van der Waals surface area (Å²) in [6.07, 6.45) is -9.66. The molecule has 0 amide bonds. The first-order chi connectivity index (χ1) is 16.3. The third kappa shape index (κ3) is 4.76. The number of nitrogens with two attached hydrogens (primary N) is 2. The quantitative estimate of drug-likeness (QED) is 0.173. The predicted molar refractivity (Wildman–Crippen MR) is 126 cm³/mol. The second-order valence-electron chi connectivity index (χ2n) is 9.75. The average molecular weight is 512 g/mol. The Morgan fingerprint density at radius 3 is 1.19 bits per heavy atom. The smallest absolute Gasteiger partial charge is 0.420 e. The first-order valence-electron chi connectivity index (χ1n) is 10.8. The summed E-state index contributed by atoms with van der Waals surface area (Å²) in [6.45, 7) is 6.69. The highest BCUT2D eigenvalue weighted by atomic mass is 19.4. The maximum Gasteiger partial charge on any atom is 0.420 e. The second-order valence-corrected chi connectivity index (χ2v) is 9.75. The van der Waals surface area contributed by atoms with E-state index in [0.717, 1.165) is 12.1 Å². The Morgan fingerprint density at radius 2 is 0.889 bits per heavy atom. The zero-order chi connectivity index (χ0) is 27.4. The fourth-order valence-corrected chi connectivity index (χ4v) is 4.10. The van der Waals surface area contributed by atoms with Crippen molar-refractivity contribution in [2.75, 3.05) is 11.5 Å². The predicted octanol–water partition coefficient (Wildman–Crippen LogP) is 6.95. The number of hydrogen-bond donors (Lipinski definition) is 4. The fraction of sp³-hybridized carbons (Fsp3) is 0.308. The van der Waals surface area contributed by atoms with Gasteiger partial charge >= 0.3 is 12.4 Å². The standard InChI is InChI=1S/C26H26F6N2O2/c1-23(2,15-9-17(25(27,28)29)21(35)19(33)11-15)13-6-5-7-14(8-13)24(3,4)16-10-18(26(30,31)32)22(36)20(34)12-16/h5-12,35-36H,33-34H2,1-4H3. The first kappa shape index (κ1) is 27.0. The van der Waals surface area contributed by atoms with E-state index < -0.39 is 57.2 Å². The van der Waals surface area contributed by atoms with Crippen LogP contribution < -0.4 is 11.5 Å². The van der Waals surface area contributed by atoms with E-state index in [2.05, 4.69) is 0 Å². The Morgan fingerprint density at radius 1 is 0.556 bits per heavy atom. The van der Waals surface area contributed by atoms with Crippen molar-refractivity contribution in [3.8, 4) is 11.5 Å². The molecule has 0 bridgehead atoms.